The number of benzene rings is 3. The van der Waals surface area contributed by atoms with Gasteiger partial charge in [-0.25, -0.2) is 9.67 Å². The Morgan fingerprint density at radius 3 is 2.34 bits per heavy atom. The van der Waals surface area contributed by atoms with Gasteiger partial charge in [-0.05, 0) is 54.7 Å². The average molecular weight is 471 g/mol. The summed E-state index contributed by atoms with van der Waals surface area (Å²) in [7, 11) is 3.21. The van der Waals surface area contributed by atoms with Crippen molar-refractivity contribution in [2.75, 3.05) is 20.8 Å². The van der Waals surface area contributed by atoms with Crippen molar-refractivity contribution in [2.45, 2.75) is 26.2 Å². The Balaban J connectivity index is 1.48. The molecule has 0 saturated heterocycles. The normalized spacial score (nSPS) is 10.7. The van der Waals surface area contributed by atoms with Crippen LogP contribution in [0.1, 0.15) is 33.1 Å². The summed E-state index contributed by atoms with van der Waals surface area (Å²) < 4.78 is 12.4. The molecule has 35 heavy (non-hydrogen) atoms. The van der Waals surface area contributed by atoms with Crippen LogP contribution in [0.4, 0.5) is 0 Å². The van der Waals surface area contributed by atoms with Gasteiger partial charge in [-0.2, -0.15) is 0 Å². The van der Waals surface area contributed by atoms with Crippen LogP contribution in [-0.4, -0.2) is 41.4 Å². The first-order valence-corrected chi connectivity index (χ1v) is 11.6. The fourth-order valence-corrected chi connectivity index (χ4v) is 3.93. The molecule has 1 N–H and O–H groups in total. The third kappa shape index (κ3) is 5.87. The molecule has 0 saturated carbocycles. The van der Waals surface area contributed by atoms with E-state index < -0.39 is 0 Å². The lowest BCUT2D eigenvalue weighted by Gasteiger charge is -2.09. The van der Waals surface area contributed by atoms with Gasteiger partial charge in [0.1, 0.15) is 5.82 Å². The van der Waals surface area contributed by atoms with Crippen LogP contribution in [-0.2, 0) is 19.3 Å². The number of carbonyl (C=O) groups excluding carboxylic acids is 1. The van der Waals surface area contributed by atoms with Crippen LogP contribution in [0, 0.1) is 6.92 Å². The second-order valence-electron chi connectivity index (χ2n) is 8.23. The lowest BCUT2D eigenvalue weighted by Crippen LogP contribution is -2.27. The minimum atomic E-state index is -0.293. The van der Waals surface area contributed by atoms with Gasteiger partial charge in [0.2, 0.25) is 5.82 Å². The number of rotatable bonds is 10. The highest BCUT2D eigenvalue weighted by atomic mass is 16.5. The molecule has 7 nitrogen and oxygen atoms in total. The molecule has 1 heterocycles. The number of nitrogens with zero attached hydrogens (tertiary/aromatic N) is 3. The first kappa shape index (κ1) is 24.0. The number of hydrogen-bond donors (Lipinski definition) is 1. The zero-order valence-electron chi connectivity index (χ0n) is 20.3. The number of ether oxygens (including phenoxy) is 2. The molecule has 0 aliphatic rings. The third-order valence-corrected chi connectivity index (χ3v) is 5.85. The number of methoxy groups -OCH3 is 2. The molecule has 0 fully saturated rings. The summed E-state index contributed by atoms with van der Waals surface area (Å²) in [5.41, 5.74) is 4.24. The zero-order chi connectivity index (χ0) is 24.6. The maximum atomic E-state index is 12.9. The summed E-state index contributed by atoms with van der Waals surface area (Å²) in [6.45, 7) is 2.48. The summed E-state index contributed by atoms with van der Waals surface area (Å²) in [6.07, 6.45) is 2.13. The van der Waals surface area contributed by atoms with Crippen LogP contribution in [0.3, 0.4) is 0 Å². The smallest absolute Gasteiger partial charge is 0.290 e. The van der Waals surface area contributed by atoms with Gasteiger partial charge in [-0.15, -0.1) is 5.10 Å². The summed E-state index contributed by atoms with van der Waals surface area (Å²) >= 11 is 0. The highest BCUT2D eigenvalue weighted by molar-refractivity contribution is 5.90. The molecule has 1 aromatic heterocycles. The van der Waals surface area contributed by atoms with Crippen LogP contribution in [0.15, 0.2) is 72.8 Å². The van der Waals surface area contributed by atoms with Gasteiger partial charge in [0.05, 0.1) is 19.9 Å². The second-order valence-corrected chi connectivity index (χ2v) is 8.23. The third-order valence-electron chi connectivity index (χ3n) is 5.85. The fraction of sp³-hybridized carbons (Fsp3) is 0.250. The number of amides is 1. The van der Waals surface area contributed by atoms with E-state index in [1.807, 2.05) is 67.6 Å². The Kier molecular flexibility index (Phi) is 7.77. The molecule has 0 unspecified atom stereocenters. The Labute approximate surface area is 205 Å². The van der Waals surface area contributed by atoms with Crippen LogP contribution in [0.25, 0.3) is 5.69 Å². The Morgan fingerprint density at radius 2 is 1.60 bits per heavy atom. The monoisotopic (exact) mass is 470 g/mol. The van der Waals surface area contributed by atoms with Gasteiger partial charge in [-0.1, -0.05) is 54.6 Å². The molecule has 0 aliphatic heterocycles. The summed E-state index contributed by atoms with van der Waals surface area (Å²) in [5, 5.41) is 7.53. The molecule has 3 aromatic carbocycles. The number of aryl methyl sites for hydroxylation is 3. The number of hydrogen-bond acceptors (Lipinski definition) is 5. The van der Waals surface area contributed by atoms with E-state index in [1.54, 1.807) is 18.9 Å². The van der Waals surface area contributed by atoms with E-state index in [-0.39, 0.29) is 11.7 Å². The summed E-state index contributed by atoms with van der Waals surface area (Å²) in [6, 6.07) is 24.0. The summed E-state index contributed by atoms with van der Waals surface area (Å²) in [5.74, 6) is 1.97. The van der Waals surface area contributed by atoms with Gasteiger partial charge < -0.3 is 14.8 Å². The van der Waals surface area contributed by atoms with E-state index in [4.69, 9.17) is 9.47 Å². The maximum absolute atomic E-state index is 12.9. The van der Waals surface area contributed by atoms with Crippen molar-refractivity contribution < 1.29 is 14.3 Å². The molecular weight excluding hydrogens is 440 g/mol. The van der Waals surface area contributed by atoms with E-state index in [0.717, 1.165) is 29.1 Å². The minimum absolute atomic E-state index is 0.170. The van der Waals surface area contributed by atoms with Crippen molar-refractivity contribution >= 4 is 5.91 Å². The van der Waals surface area contributed by atoms with Crippen molar-refractivity contribution in [2.24, 2.45) is 0 Å². The van der Waals surface area contributed by atoms with Gasteiger partial charge in [-0.3, -0.25) is 4.79 Å². The van der Waals surface area contributed by atoms with Gasteiger partial charge >= 0.3 is 0 Å². The minimum Gasteiger partial charge on any atom is -0.493 e. The maximum Gasteiger partial charge on any atom is 0.290 e. The van der Waals surface area contributed by atoms with Crippen molar-refractivity contribution in [1.82, 2.24) is 20.1 Å². The van der Waals surface area contributed by atoms with Gasteiger partial charge in [0, 0.05) is 13.0 Å². The van der Waals surface area contributed by atoms with Crippen LogP contribution < -0.4 is 14.8 Å². The molecule has 180 valence electrons. The fourth-order valence-electron chi connectivity index (χ4n) is 3.93. The Morgan fingerprint density at radius 1 is 0.857 bits per heavy atom. The van der Waals surface area contributed by atoms with E-state index in [1.165, 1.54) is 5.56 Å². The van der Waals surface area contributed by atoms with Gasteiger partial charge in [0.25, 0.3) is 5.91 Å². The molecule has 7 heteroatoms. The first-order chi connectivity index (χ1) is 17.1. The predicted octanol–water partition coefficient (Wildman–Crippen LogP) is 4.35. The number of para-hydroxylation sites is 1. The Hall–Kier alpha value is -4.13. The molecular formula is C28H30N4O3. The van der Waals surface area contributed by atoms with Crippen molar-refractivity contribution in [1.29, 1.82) is 0 Å². The van der Waals surface area contributed by atoms with Crippen LogP contribution in [0.2, 0.25) is 0 Å². The van der Waals surface area contributed by atoms with Gasteiger partial charge in [0.15, 0.2) is 11.5 Å². The highest BCUT2D eigenvalue weighted by Crippen LogP contribution is 2.27. The van der Waals surface area contributed by atoms with E-state index >= 15 is 0 Å². The first-order valence-electron chi connectivity index (χ1n) is 11.6. The van der Waals surface area contributed by atoms with Crippen molar-refractivity contribution in [3.63, 3.8) is 0 Å². The second kappa shape index (κ2) is 11.3. The Bertz CT molecular complexity index is 1280. The number of aromatic nitrogens is 3. The zero-order valence-corrected chi connectivity index (χ0v) is 20.3. The molecule has 0 radical (unpaired) electrons. The molecule has 4 aromatic rings. The van der Waals surface area contributed by atoms with Crippen LogP contribution in [0.5, 0.6) is 11.5 Å². The standard InChI is InChI=1S/C28H30N4O3/c1-20-9-7-8-12-23(20)32-26(16-14-21-10-5-4-6-11-21)30-27(31-32)28(33)29-18-17-22-13-15-24(34-2)25(19-22)35-3/h4-13,15,19H,14,16-18H2,1-3H3,(H,29,33). The molecule has 0 atom stereocenters. The van der Waals surface area contributed by atoms with E-state index in [9.17, 15) is 4.79 Å². The number of nitrogens with one attached hydrogen (secondary N) is 1. The summed E-state index contributed by atoms with van der Waals surface area (Å²) in [4.78, 5) is 17.5. The predicted molar refractivity (Wildman–Crippen MR) is 136 cm³/mol. The van der Waals surface area contributed by atoms with Crippen molar-refractivity contribution in [3.05, 3.63) is 101 Å². The largest absolute Gasteiger partial charge is 0.493 e. The highest BCUT2D eigenvalue weighted by Gasteiger charge is 2.18. The lowest BCUT2D eigenvalue weighted by molar-refractivity contribution is 0.0943. The van der Waals surface area contributed by atoms with E-state index in [2.05, 4.69) is 27.5 Å². The average Bonchev–Trinajstić information content (AvgIpc) is 3.32. The lowest BCUT2D eigenvalue weighted by atomic mass is 10.1. The molecule has 0 aliphatic carbocycles. The van der Waals surface area contributed by atoms with Crippen molar-refractivity contribution in [3.8, 4) is 17.2 Å². The molecule has 4 rings (SSSR count). The quantitative estimate of drug-likeness (QED) is 0.373. The van der Waals surface area contributed by atoms with Crippen LogP contribution >= 0.6 is 0 Å². The molecule has 0 bridgehead atoms. The molecule has 0 spiro atoms. The number of carbonyl (C=O) groups is 1. The SMILES string of the molecule is COc1ccc(CCNC(=O)c2nc(CCc3ccccc3)n(-c3ccccc3C)n2)cc1OC. The van der Waals surface area contributed by atoms with E-state index in [0.29, 0.717) is 30.9 Å². The molecule has 1 amide bonds. The topological polar surface area (TPSA) is 78.3 Å².